The Morgan fingerprint density at radius 2 is 1.93 bits per heavy atom. The number of carbonyl (C=O) groups is 1. The van der Waals surface area contributed by atoms with Crippen molar-refractivity contribution < 1.29 is 9.18 Å². The van der Waals surface area contributed by atoms with Gasteiger partial charge >= 0.3 is 0 Å². The van der Waals surface area contributed by atoms with Crippen LogP contribution in [0.2, 0.25) is 0 Å². The van der Waals surface area contributed by atoms with Gasteiger partial charge in [-0.25, -0.2) is 4.39 Å². The first-order valence-corrected chi connectivity index (χ1v) is 9.81. The summed E-state index contributed by atoms with van der Waals surface area (Å²) < 4.78 is 13.9. The summed E-state index contributed by atoms with van der Waals surface area (Å²) in [6.07, 6.45) is 3.33. The zero-order valence-electron chi connectivity index (χ0n) is 16.3. The SMILES string of the molecule is Cc1ccccc1CCN1CCC[C@@H](CN(C)C(=O)c2ccccc2F)C1. The Kier molecular flexibility index (Phi) is 6.62. The van der Waals surface area contributed by atoms with Crippen molar-refractivity contribution in [2.24, 2.45) is 5.92 Å². The maximum atomic E-state index is 13.9. The molecule has 1 amide bonds. The monoisotopic (exact) mass is 368 g/mol. The highest BCUT2D eigenvalue weighted by atomic mass is 19.1. The van der Waals surface area contributed by atoms with Crippen LogP contribution in [0.5, 0.6) is 0 Å². The van der Waals surface area contributed by atoms with E-state index < -0.39 is 5.82 Å². The van der Waals surface area contributed by atoms with Crippen LogP contribution in [0.15, 0.2) is 48.5 Å². The molecular weight excluding hydrogens is 339 g/mol. The van der Waals surface area contributed by atoms with Gasteiger partial charge in [-0.15, -0.1) is 0 Å². The van der Waals surface area contributed by atoms with E-state index in [9.17, 15) is 9.18 Å². The predicted octanol–water partition coefficient (Wildman–Crippen LogP) is 4.16. The van der Waals surface area contributed by atoms with Crippen LogP contribution >= 0.6 is 0 Å². The van der Waals surface area contributed by atoms with Crippen molar-refractivity contribution in [2.45, 2.75) is 26.2 Å². The summed E-state index contributed by atoms with van der Waals surface area (Å²) in [6, 6.07) is 14.8. The van der Waals surface area contributed by atoms with E-state index in [0.717, 1.165) is 38.9 Å². The van der Waals surface area contributed by atoms with Gasteiger partial charge in [0.1, 0.15) is 5.82 Å². The first kappa shape index (κ1) is 19.6. The van der Waals surface area contributed by atoms with Crippen LogP contribution in [0.1, 0.15) is 34.3 Å². The Labute approximate surface area is 161 Å². The number of amides is 1. The number of benzene rings is 2. The molecule has 0 saturated carbocycles. The zero-order valence-corrected chi connectivity index (χ0v) is 16.3. The van der Waals surface area contributed by atoms with E-state index in [4.69, 9.17) is 0 Å². The van der Waals surface area contributed by atoms with Crippen molar-refractivity contribution in [3.8, 4) is 0 Å². The number of halogens is 1. The third-order valence-corrected chi connectivity index (χ3v) is 5.54. The van der Waals surface area contributed by atoms with E-state index in [2.05, 4.69) is 36.1 Å². The highest BCUT2D eigenvalue weighted by Crippen LogP contribution is 2.19. The van der Waals surface area contributed by atoms with Gasteiger partial charge in [-0.2, -0.15) is 0 Å². The van der Waals surface area contributed by atoms with E-state index >= 15 is 0 Å². The van der Waals surface area contributed by atoms with Gasteiger partial charge in [-0.05, 0) is 61.9 Å². The summed E-state index contributed by atoms with van der Waals surface area (Å²) in [5.41, 5.74) is 2.92. The largest absolute Gasteiger partial charge is 0.341 e. The van der Waals surface area contributed by atoms with Crippen LogP contribution in [-0.2, 0) is 6.42 Å². The summed E-state index contributed by atoms with van der Waals surface area (Å²) >= 11 is 0. The summed E-state index contributed by atoms with van der Waals surface area (Å²) in [4.78, 5) is 16.7. The molecule has 0 radical (unpaired) electrons. The molecule has 1 fully saturated rings. The van der Waals surface area contributed by atoms with Crippen molar-refractivity contribution in [1.29, 1.82) is 0 Å². The Morgan fingerprint density at radius 3 is 2.70 bits per heavy atom. The van der Waals surface area contributed by atoms with Gasteiger partial charge in [0.25, 0.3) is 5.91 Å². The molecule has 0 unspecified atom stereocenters. The third kappa shape index (κ3) is 5.16. The molecular formula is C23H29FN2O. The Hall–Kier alpha value is -2.20. The molecule has 3 rings (SSSR count). The average Bonchev–Trinajstić information content (AvgIpc) is 2.67. The molecule has 0 spiro atoms. The second-order valence-corrected chi connectivity index (χ2v) is 7.65. The minimum atomic E-state index is -0.446. The molecule has 27 heavy (non-hydrogen) atoms. The molecule has 1 heterocycles. The van der Waals surface area contributed by atoms with Crippen LogP contribution < -0.4 is 0 Å². The summed E-state index contributed by atoms with van der Waals surface area (Å²) in [5, 5.41) is 0. The molecule has 2 aromatic carbocycles. The number of hydrogen-bond donors (Lipinski definition) is 0. The highest BCUT2D eigenvalue weighted by Gasteiger charge is 2.24. The second-order valence-electron chi connectivity index (χ2n) is 7.65. The molecule has 144 valence electrons. The third-order valence-electron chi connectivity index (χ3n) is 5.54. The fourth-order valence-corrected chi connectivity index (χ4v) is 3.98. The molecule has 1 aliphatic rings. The van der Waals surface area contributed by atoms with Crippen molar-refractivity contribution in [3.63, 3.8) is 0 Å². The topological polar surface area (TPSA) is 23.6 Å². The Balaban J connectivity index is 1.52. The molecule has 4 heteroatoms. The molecule has 0 aliphatic carbocycles. The number of likely N-dealkylation sites (tertiary alicyclic amines) is 1. The molecule has 1 saturated heterocycles. The lowest BCUT2D eigenvalue weighted by atomic mass is 9.96. The first-order chi connectivity index (χ1) is 13.0. The maximum Gasteiger partial charge on any atom is 0.256 e. The maximum absolute atomic E-state index is 13.9. The van der Waals surface area contributed by atoms with E-state index in [1.807, 2.05) is 0 Å². The van der Waals surface area contributed by atoms with Crippen molar-refractivity contribution in [3.05, 3.63) is 71.0 Å². The number of nitrogens with zero attached hydrogens (tertiary/aromatic N) is 2. The van der Waals surface area contributed by atoms with E-state index in [0.29, 0.717) is 12.5 Å². The molecule has 0 bridgehead atoms. The summed E-state index contributed by atoms with van der Waals surface area (Å²) in [5.74, 6) is -0.237. The molecule has 3 nitrogen and oxygen atoms in total. The minimum absolute atomic E-state index is 0.159. The van der Waals surface area contributed by atoms with E-state index in [-0.39, 0.29) is 11.5 Å². The van der Waals surface area contributed by atoms with Gasteiger partial charge in [0.15, 0.2) is 0 Å². The predicted molar refractivity (Wildman–Crippen MR) is 107 cm³/mol. The molecule has 1 atom stereocenters. The lowest BCUT2D eigenvalue weighted by Crippen LogP contribution is -2.42. The smallest absolute Gasteiger partial charge is 0.256 e. The van der Waals surface area contributed by atoms with Gasteiger partial charge in [-0.3, -0.25) is 4.79 Å². The molecule has 0 N–H and O–H groups in total. The standard InChI is InChI=1S/C23H29FN2O/c1-18-8-3-4-10-20(18)13-15-26-14-7-9-19(17-26)16-25(2)23(27)21-11-5-6-12-22(21)24/h3-6,8,10-12,19H,7,9,13-17H2,1-2H3/t19-/m0/s1. The number of hydrogen-bond acceptors (Lipinski definition) is 2. The normalized spacial score (nSPS) is 17.7. The lowest BCUT2D eigenvalue weighted by Gasteiger charge is -2.35. The number of aryl methyl sites for hydroxylation is 1. The van der Waals surface area contributed by atoms with Gasteiger partial charge in [0, 0.05) is 26.7 Å². The second kappa shape index (κ2) is 9.14. The van der Waals surface area contributed by atoms with Crippen molar-refractivity contribution in [2.75, 3.05) is 33.2 Å². The molecule has 1 aliphatic heterocycles. The van der Waals surface area contributed by atoms with Crippen molar-refractivity contribution >= 4 is 5.91 Å². The zero-order chi connectivity index (χ0) is 19.2. The number of piperidine rings is 1. The minimum Gasteiger partial charge on any atom is -0.341 e. The number of carbonyl (C=O) groups excluding carboxylic acids is 1. The Bertz CT molecular complexity index is 776. The fraction of sp³-hybridized carbons (Fsp3) is 0.435. The molecule has 0 aromatic heterocycles. The average molecular weight is 368 g/mol. The van der Waals surface area contributed by atoms with E-state index in [1.54, 1.807) is 30.1 Å². The van der Waals surface area contributed by atoms with Crippen molar-refractivity contribution in [1.82, 2.24) is 9.80 Å². The Morgan fingerprint density at radius 1 is 1.19 bits per heavy atom. The fourth-order valence-electron chi connectivity index (χ4n) is 3.98. The number of rotatable bonds is 6. The van der Waals surface area contributed by atoms with Crippen LogP contribution in [0, 0.1) is 18.7 Å². The van der Waals surface area contributed by atoms with Crippen LogP contribution in [0.4, 0.5) is 4.39 Å². The highest BCUT2D eigenvalue weighted by molar-refractivity contribution is 5.94. The van der Waals surface area contributed by atoms with Crippen LogP contribution in [-0.4, -0.2) is 48.9 Å². The quantitative estimate of drug-likeness (QED) is 0.764. The van der Waals surface area contributed by atoms with Crippen LogP contribution in [0.25, 0.3) is 0 Å². The van der Waals surface area contributed by atoms with E-state index in [1.165, 1.54) is 17.2 Å². The summed E-state index contributed by atoms with van der Waals surface area (Å²) in [6.45, 7) is 6.01. The van der Waals surface area contributed by atoms with Gasteiger partial charge in [-0.1, -0.05) is 36.4 Å². The lowest BCUT2D eigenvalue weighted by molar-refractivity contribution is 0.0726. The van der Waals surface area contributed by atoms with Gasteiger partial charge < -0.3 is 9.80 Å². The van der Waals surface area contributed by atoms with Gasteiger partial charge in [0.05, 0.1) is 5.56 Å². The molecule has 2 aromatic rings. The van der Waals surface area contributed by atoms with Crippen LogP contribution in [0.3, 0.4) is 0 Å². The summed E-state index contributed by atoms with van der Waals surface area (Å²) in [7, 11) is 1.78. The van der Waals surface area contributed by atoms with Gasteiger partial charge in [0.2, 0.25) is 0 Å². The first-order valence-electron chi connectivity index (χ1n) is 9.81.